The van der Waals surface area contributed by atoms with Gasteiger partial charge in [-0.1, -0.05) is 19.1 Å². The lowest BCUT2D eigenvalue weighted by Gasteiger charge is -2.07. The molecule has 5 nitrogen and oxygen atoms in total. The minimum Gasteiger partial charge on any atom is -0.484 e. The molecule has 0 heterocycles. The molecule has 3 N–H and O–H groups in total. The summed E-state index contributed by atoms with van der Waals surface area (Å²) in [6.45, 7) is 2.71. The number of rotatable bonds is 8. The number of carbonyl (C=O) groups excluding carboxylic acids is 1. The maximum Gasteiger partial charge on any atom is 0.257 e. The maximum absolute atomic E-state index is 11.5. The van der Waals surface area contributed by atoms with Gasteiger partial charge in [0.1, 0.15) is 5.75 Å². The van der Waals surface area contributed by atoms with E-state index in [0.29, 0.717) is 30.3 Å². The second kappa shape index (κ2) is 8.66. The van der Waals surface area contributed by atoms with Crippen LogP contribution in [0.25, 0.3) is 0 Å². The van der Waals surface area contributed by atoms with Gasteiger partial charge in [0, 0.05) is 35.4 Å². The van der Waals surface area contributed by atoms with Gasteiger partial charge in [0.25, 0.3) is 5.91 Å². The summed E-state index contributed by atoms with van der Waals surface area (Å²) in [6.07, 6.45) is 0. The first kappa shape index (κ1) is 15.7. The monoisotopic (exact) mass is 284 g/mol. The van der Waals surface area contributed by atoms with Crippen molar-refractivity contribution >= 4 is 16.7 Å². The van der Waals surface area contributed by atoms with Gasteiger partial charge in [0.05, 0.1) is 0 Å². The quantitative estimate of drug-likeness (QED) is 0.724. The van der Waals surface area contributed by atoms with Crippen molar-refractivity contribution in [2.24, 2.45) is 5.73 Å². The van der Waals surface area contributed by atoms with E-state index < -0.39 is 10.8 Å². The number of nitrogens with one attached hydrogen (secondary N) is 1. The predicted octanol–water partition coefficient (Wildman–Crippen LogP) is 0.409. The van der Waals surface area contributed by atoms with Crippen LogP contribution in [0.5, 0.6) is 5.75 Å². The zero-order valence-electron chi connectivity index (χ0n) is 11.1. The molecule has 1 unspecified atom stereocenters. The highest BCUT2D eigenvalue weighted by Gasteiger charge is 2.03. The van der Waals surface area contributed by atoms with Crippen LogP contribution in [0.2, 0.25) is 0 Å². The van der Waals surface area contributed by atoms with Crippen molar-refractivity contribution in [3.63, 3.8) is 0 Å². The van der Waals surface area contributed by atoms with Crippen LogP contribution in [-0.2, 0) is 22.1 Å². The third kappa shape index (κ3) is 6.35. The van der Waals surface area contributed by atoms with E-state index in [1.807, 2.05) is 19.1 Å². The lowest BCUT2D eigenvalue weighted by atomic mass is 10.2. The minimum absolute atomic E-state index is 0.0409. The molecule has 0 bridgehead atoms. The molecule has 6 heteroatoms. The van der Waals surface area contributed by atoms with E-state index in [1.54, 1.807) is 12.1 Å². The summed E-state index contributed by atoms with van der Waals surface area (Å²) >= 11 is 0. The molecule has 0 aliphatic rings. The molecular weight excluding hydrogens is 264 g/mol. The number of benzene rings is 1. The third-order valence-electron chi connectivity index (χ3n) is 2.50. The second-order valence-electron chi connectivity index (χ2n) is 3.92. The third-order valence-corrected chi connectivity index (χ3v) is 3.81. The Morgan fingerprint density at radius 3 is 2.63 bits per heavy atom. The molecule has 1 atom stereocenters. The van der Waals surface area contributed by atoms with Gasteiger partial charge in [0.2, 0.25) is 0 Å². The SMILES string of the molecule is CCS(=O)CCNC(=O)COc1ccc(CN)cc1. The van der Waals surface area contributed by atoms with Gasteiger partial charge in [-0.25, -0.2) is 0 Å². The molecule has 19 heavy (non-hydrogen) atoms. The first-order chi connectivity index (χ1) is 9.15. The van der Waals surface area contributed by atoms with Crippen LogP contribution in [0.4, 0.5) is 0 Å². The number of carbonyl (C=O) groups is 1. The van der Waals surface area contributed by atoms with Crippen LogP contribution in [0.1, 0.15) is 12.5 Å². The van der Waals surface area contributed by atoms with Crippen LogP contribution in [0, 0.1) is 0 Å². The molecule has 0 spiro atoms. The number of nitrogens with two attached hydrogens (primary N) is 1. The summed E-state index contributed by atoms with van der Waals surface area (Å²) in [4.78, 5) is 11.5. The molecular formula is C13H20N2O3S. The summed E-state index contributed by atoms with van der Waals surface area (Å²) in [7, 11) is -0.854. The van der Waals surface area contributed by atoms with Crippen LogP contribution >= 0.6 is 0 Å². The van der Waals surface area contributed by atoms with Crippen molar-refractivity contribution in [1.29, 1.82) is 0 Å². The molecule has 1 aromatic carbocycles. The molecule has 0 saturated heterocycles. The average molecular weight is 284 g/mol. The van der Waals surface area contributed by atoms with Crippen LogP contribution < -0.4 is 15.8 Å². The van der Waals surface area contributed by atoms with E-state index in [0.717, 1.165) is 5.56 Å². The van der Waals surface area contributed by atoms with Crippen molar-refractivity contribution < 1.29 is 13.7 Å². The fourth-order valence-electron chi connectivity index (χ4n) is 1.37. The summed E-state index contributed by atoms with van der Waals surface area (Å²) in [5.41, 5.74) is 6.50. The van der Waals surface area contributed by atoms with Gasteiger partial charge >= 0.3 is 0 Å². The molecule has 1 amide bonds. The zero-order chi connectivity index (χ0) is 14.1. The Kier molecular flexibility index (Phi) is 7.14. The van der Waals surface area contributed by atoms with Gasteiger partial charge < -0.3 is 15.8 Å². The van der Waals surface area contributed by atoms with E-state index >= 15 is 0 Å². The Hall–Kier alpha value is -1.40. The topological polar surface area (TPSA) is 81.4 Å². The average Bonchev–Trinajstić information content (AvgIpc) is 2.45. The van der Waals surface area contributed by atoms with Crippen molar-refractivity contribution in [3.8, 4) is 5.75 Å². The van der Waals surface area contributed by atoms with Gasteiger partial charge in [-0.05, 0) is 17.7 Å². The van der Waals surface area contributed by atoms with Crippen LogP contribution in [-0.4, -0.2) is 34.8 Å². The predicted molar refractivity (Wildman–Crippen MR) is 76.4 cm³/mol. The summed E-state index contributed by atoms with van der Waals surface area (Å²) in [5, 5.41) is 2.66. The normalized spacial score (nSPS) is 11.9. The smallest absolute Gasteiger partial charge is 0.257 e. The van der Waals surface area contributed by atoms with Crippen molar-refractivity contribution in [3.05, 3.63) is 29.8 Å². The Bertz CT molecular complexity index is 420. The molecule has 0 aliphatic carbocycles. The fourth-order valence-corrected chi connectivity index (χ4v) is 1.99. The highest BCUT2D eigenvalue weighted by Crippen LogP contribution is 2.11. The number of ether oxygens (including phenoxy) is 1. The first-order valence-corrected chi connectivity index (χ1v) is 7.68. The number of amides is 1. The van der Waals surface area contributed by atoms with E-state index in [9.17, 15) is 9.00 Å². The lowest BCUT2D eigenvalue weighted by molar-refractivity contribution is -0.122. The van der Waals surface area contributed by atoms with Gasteiger partial charge in [0.15, 0.2) is 6.61 Å². The van der Waals surface area contributed by atoms with E-state index in [1.165, 1.54) is 0 Å². The molecule has 1 rings (SSSR count). The lowest BCUT2D eigenvalue weighted by Crippen LogP contribution is -2.32. The van der Waals surface area contributed by atoms with Gasteiger partial charge in [-0.15, -0.1) is 0 Å². The highest BCUT2D eigenvalue weighted by atomic mass is 32.2. The Balaban J connectivity index is 2.23. The maximum atomic E-state index is 11.5. The number of hydrogen-bond acceptors (Lipinski definition) is 4. The Morgan fingerprint density at radius 2 is 2.05 bits per heavy atom. The van der Waals surface area contributed by atoms with Crippen molar-refractivity contribution in [2.45, 2.75) is 13.5 Å². The van der Waals surface area contributed by atoms with E-state index in [-0.39, 0.29) is 12.5 Å². The first-order valence-electron chi connectivity index (χ1n) is 6.19. The molecule has 0 aromatic heterocycles. The summed E-state index contributed by atoms with van der Waals surface area (Å²) < 4.78 is 16.5. The standard InChI is InChI=1S/C13H20N2O3S/c1-2-19(17)8-7-15-13(16)10-18-12-5-3-11(9-14)4-6-12/h3-6H,2,7-10,14H2,1H3,(H,15,16). The Labute approximate surface area is 116 Å². The van der Waals surface area contributed by atoms with Crippen LogP contribution in [0.15, 0.2) is 24.3 Å². The summed E-state index contributed by atoms with van der Waals surface area (Å²) in [5.74, 6) is 1.51. The summed E-state index contributed by atoms with van der Waals surface area (Å²) in [6, 6.07) is 7.28. The van der Waals surface area contributed by atoms with Crippen LogP contribution in [0.3, 0.4) is 0 Å². The molecule has 0 fully saturated rings. The Morgan fingerprint density at radius 1 is 1.37 bits per heavy atom. The van der Waals surface area contributed by atoms with E-state index in [4.69, 9.17) is 10.5 Å². The van der Waals surface area contributed by atoms with Gasteiger partial charge in [-0.3, -0.25) is 9.00 Å². The molecule has 106 valence electrons. The molecule has 0 aliphatic heterocycles. The van der Waals surface area contributed by atoms with Crippen molar-refractivity contribution in [1.82, 2.24) is 5.32 Å². The van der Waals surface area contributed by atoms with Gasteiger partial charge in [-0.2, -0.15) is 0 Å². The fraction of sp³-hybridized carbons (Fsp3) is 0.462. The second-order valence-corrected chi connectivity index (χ2v) is 5.78. The zero-order valence-corrected chi connectivity index (χ0v) is 11.9. The van der Waals surface area contributed by atoms with Crippen molar-refractivity contribution in [2.75, 3.05) is 24.7 Å². The molecule has 0 saturated carbocycles. The number of hydrogen-bond donors (Lipinski definition) is 2. The molecule has 1 aromatic rings. The molecule has 0 radical (unpaired) electrons. The highest BCUT2D eigenvalue weighted by molar-refractivity contribution is 7.84. The minimum atomic E-state index is -0.854. The largest absolute Gasteiger partial charge is 0.484 e. The van der Waals surface area contributed by atoms with E-state index in [2.05, 4.69) is 5.32 Å².